The zero-order valence-electron chi connectivity index (χ0n) is 5.00. The summed E-state index contributed by atoms with van der Waals surface area (Å²) in [5, 5.41) is 0. The predicted molar refractivity (Wildman–Crippen MR) is 33.8 cm³/mol. The monoisotopic (exact) mass is 326 g/mol. The van der Waals surface area contributed by atoms with Gasteiger partial charge in [0.25, 0.3) is 0 Å². The first-order valence-electron chi connectivity index (χ1n) is 2.00. The van der Waals surface area contributed by atoms with Crippen LogP contribution in [-0.4, -0.2) is 0 Å². The molecule has 0 N–H and O–H groups in total. The zero-order valence-corrected chi connectivity index (χ0v) is 10.1. The van der Waals surface area contributed by atoms with Crippen molar-refractivity contribution in [2.24, 2.45) is 0 Å². The van der Waals surface area contributed by atoms with Crippen molar-refractivity contribution in [3.05, 3.63) is 0 Å². The number of hydrogen-bond donors (Lipinski definition) is 0. The third-order valence-corrected chi connectivity index (χ3v) is 0. The van der Waals surface area contributed by atoms with Crippen LogP contribution in [0.4, 0.5) is 0 Å². The van der Waals surface area contributed by atoms with E-state index in [9.17, 15) is 0 Å². The number of hydrogen-bond acceptors (Lipinski definition) is 0. The normalized spacial score (nSPS) is 10.0. The number of rotatable bonds is 0. The molecule has 0 rings (SSSR count). The molecular weight excluding hydrogens is 312 g/mol. The summed E-state index contributed by atoms with van der Waals surface area (Å²) in [5.74, 6) is 0. The summed E-state index contributed by atoms with van der Waals surface area (Å²) in [6.45, 7) is 0. The van der Waals surface area contributed by atoms with Gasteiger partial charge in [-0.25, -0.2) is 0 Å². The molecule has 2 heteroatoms. The maximum absolute atomic E-state index is 2.42. The molecular formula is C4H14STh. The van der Waals surface area contributed by atoms with Crippen LogP contribution in [0.1, 0.15) is 0 Å². The Morgan fingerprint density at radius 1 is 0.833 bits per heavy atom. The summed E-state index contributed by atoms with van der Waals surface area (Å²) in [5.41, 5.74) is 0. The molecule has 0 aromatic heterocycles. The first-order valence-corrected chi connectivity index (χ1v) is 18.4. The zero-order chi connectivity index (χ0) is 4.50. The molecule has 6 heavy (non-hydrogen) atoms. The van der Waals surface area contributed by atoms with Gasteiger partial charge < -0.3 is 0 Å². The summed E-state index contributed by atoms with van der Waals surface area (Å²) in [7, 11) is 0. The van der Waals surface area contributed by atoms with E-state index in [-0.39, 0.29) is 13.5 Å². The molecule has 0 aliphatic rings. The Morgan fingerprint density at radius 3 is 0.833 bits per heavy atom. The minimum atomic E-state index is -1.34. The van der Waals surface area contributed by atoms with Crippen molar-refractivity contribution in [2.75, 3.05) is 0 Å². The van der Waals surface area contributed by atoms with Crippen LogP contribution >= 0.6 is 13.5 Å². The van der Waals surface area contributed by atoms with Crippen LogP contribution in [0.3, 0.4) is 0 Å². The third kappa shape index (κ3) is 44.2. The molecule has 0 nitrogen and oxygen atoms in total. The van der Waals surface area contributed by atoms with Crippen molar-refractivity contribution < 1.29 is 31.8 Å². The Balaban J connectivity index is 0. The molecule has 0 aromatic carbocycles. The molecule has 0 radical (unpaired) electrons. The predicted octanol–water partition coefficient (Wildman–Crippen LogP) is 2.45. The van der Waals surface area contributed by atoms with Gasteiger partial charge in [-0.2, -0.15) is 13.5 Å². The van der Waals surface area contributed by atoms with Crippen LogP contribution in [-0.2, 0) is 0 Å². The van der Waals surface area contributed by atoms with Gasteiger partial charge >= 0.3 is 42.6 Å². The molecule has 0 heterocycles. The van der Waals surface area contributed by atoms with Crippen LogP contribution in [0.2, 0.25) is 10.8 Å². The molecule has 0 saturated heterocycles. The first kappa shape index (κ1) is 10.6. The van der Waals surface area contributed by atoms with Crippen LogP contribution in [0.15, 0.2) is 0 Å². The van der Waals surface area contributed by atoms with Crippen LogP contribution < -0.4 is 0 Å². The molecule has 0 saturated carbocycles. The summed E-state index contributed by atoms with van der Waals surface area (Å²) in [4.78, 5) is 0. The van der Waals surface area contributed by atoms with Gasteiger partial charge in [0.05, 0.1) is 0 Å². The van der Waals surface area contributed by atoms with E-state index in [1.54, 1.807) is 0 Å². The summed E-state index contributed by atoms with van der Waals surface area (Å²) >= 11 is -1.34. The van der Waals surface area contributed by atoms with E-state index in [1.807, 2.05) is 0 Å². The molecule has 0 aliphatic carbocycles. The van der Waals surface area contributed by atoms with Gasteiger partial charge in [-0.15, -0.1) is 0 Å². The SMILES string of the molecule is S.[CH3][Th]([CH3])([CH3])[CH3]. The van der Waals surface area contributed by atoms with E-state index in [2.05, 4.69) is 10.8 Å². The Kier molecular flexibility index (Phi) is 6.46. The van der Waals surface area contributed by atoms with E-state index in [4.69, 9.17) is 0 Å². The van der Waals surface area contributed by atoms with E-state index in [0.717, 1.165) is 0 Å². The summed E-state index contributed by atoms with van der Waals surface area (Å²) in [6.07, 6.45) is 0. The van der Waals surface area contributed by atoms with Gasteiger partial charge in [-0.05, 0) is 0 Å². The van der Waals surface area contributed by atoms with Crippen molar-refractivity contribution in [1.82, 2.24) is 0 Å². The Morgan fingerprint density at radius 2 is 0.833 bits per heavy atom. The first-order chi connectivity index (χ1) is 2.00. The molecule has 0 unspecified atom stereocenters. The van der Waals surface area contributed by atoms with Crippen LogP contribution in [0, 0.1) is 31.8 Å². The molecule has 0 spiro atoms. The second-order valence-electron chi connectivity index (χ2n) is 3.00. The maximum atomic E-state index is 2.42. The molecule has 0 atom stereocenters. The van der Waals surface area contributed by atoms with Crippen molar-refractivity contribution in [2.45, 2.75) is 10.8 Å². The fourth-order valence-corrected chi connectivity index (χ4v) is 0. The fraction of sp³-hybridized carbons (Fsp3) is 1.00. The molecule has 0 fully saturated rings. The molecule has 0 aromatic rings. The third-order valence-electron chi connectivity index (χ3n) is 0. The van der Waals surface area contributed by atoms with E-state index >= 15 is 0 Å². The second kappa shape index (κ2) is 3.65. The topological polar surface area (TPSA) is 0 Å². The summed E-state index contributed by atoms with van der Waals surface area (Å²) in [6, 6.07) is 0. The van der Waals surface area contributed by atoms with E-state index in [1.165, 1.54) is 0 Å². The van der Waals surface area contributed by atoms with Gasteiger partial charge in [0, 0.05) is 0 Å². The molecule has 0 aliphatic heterocycles. The van der Waals surface area contributed by atoms with Crippen molar-refractivity contribution in [3.8, 4) is 0 Å². The Labute approximate surface area is 55.2 Å². The van der Waals surface area contributed by atoms with E-state index < -0.39 is 31.8 Å². The average Bonchev–Trinajstić information content (AvgIpc) is 0.722. The molecule has 0 amide bonds. The van der Waals surface area contributed by atoms with Gasteiger partial charge in [-0.3, -0.25) is 0 Å². The Hall–Kier alpha value is 1.67. The molecule has 40 valence electrons. The van der Waals surface area contributed by atoms with Crippen molar-refractivity contribution in [3.63, 3.8) is 0 Å². The fourth-order valence-electron chi connectivity index (χ4n) is 0. The van der Waals surface area contributed by atoms with Crippen molar-refractivity contribution >= 4 is 13.5 Å². The van der Waals surface area contributed by atoms with E-state index in [0.29, 0.717) is 0 Å². The quantitative estimate of drug-likeness (QED) is 0.641. The van der Waals surface area contributed by atoms with Gasteiger partial charge in [0.15, 0.2) is 0 Å². The van der Waals surface area contributed by atoms with Gasteiger partial charge in [0.2, 0.25) is 0 Å². The summed E-state index contributed by atoms with van der Waals surface area (Å²) < 4.78 is 9.67. The molecule has 0 bridgehead atoms. The minimum absolute atomic E-state index is 0. The standard InChI is InChI=1S/4CH3.H2S.Th/h4*1H3;1H2;. The van der Waals surface area contributed by atoms with Crippen LogP contribution in [0.5, 0.6) is 0 Å². The van der Waals surface area contributed by atoms with Gasteiger partial charge in [0.1, 0.15) is 0 Å². The van der Waals surface area contributed by atoms with Gasteiger partial charge in [-0.1, -0.05) is 0 Å². The van der Waals surface area contributed by atoms with Crippen LogP contribution in [0.25, 0.3) is 0 Å². The Bertz CT molecular complexity index is 23.0. The average molecular weight is 326 g/mol. The van der Waals surface area contributed by atoms with Crippen molar-refractivity contribution in [1.29, 1.82) is 0 Å². The second-order valence-corrected chi connectivity index (χ2v) is 27.7.